The summed E-state index contributed by atoms with van der Waals surface area (Å²) >= 11 is 1.84. The summed E-state index contributed by atoms with van der Waals surface area (Å²) in [6, 6.07) is 0.851. The molecule has 0 aliphatic heterocycles. The smallest absolute Gasteiger partial charge is 0.0927 e. The summed E-state index contributed by atoms with van der Waals surface area (Å²) < 4.78 is 0. The van der Waals surface area contributed by atoms with Crippen molar-refractivity contribution in [3.8, 4) is 0 Å². The van der Waals surface area contributed by atoms with Crippen molar-refractivity contribution < 1.29 is 0 Å². The van der Waals surface area contributed by atoms with E-state index in [0.29, 0.717) is 0 Å². The second kappa shape index (κ2) is 7.04. The Morgan fingerprint density at radius 3 is 2.85 bits per heavy atom. The van der Waals surface area contributed by atoms with Crippen LogP contribution in [0.2, 0.25) is 0 Å². The molecule has 0 radical (unpaired) electrons. The first-order valence-electron chi connectivity index (χ1n) is 8.47. The number of hydrogen-bond acceptors (Lipinski definition) is 3. The molecule has 3 unspecified atom stereocenters. The highest BCUT2D eigenvalue weighted by molar-refractivity contribution is 7.09. The van der Waals surface area contributed by atoms with Gasteiger partial charge in [-0.15, -0.1) is 11.3 Å². The average Bonchev–Trinajstić information content (AvgIpc) is 3.14. The zero-order valence-corrected chi connectivity index (χ0v) is 13.5. The Labute approximate surface area is 127 Å². The SMILES string of the molecule is CCCC1CCC(CNC2CC2)C(Cc2nccs2)C1. The number of thiazole rings is 1. The Kier molecular flexibility index (Phi) is 5.11. The maximum absolute atomic E-state index is 4.52. The lowest BCUT2D eigenvalue weighted by molar-refractivity contribution is 0.167. The van der Waals surface area contributed by atoms with E-state index in [9.17, 15) is 0 Å². The molecular weight excluding hydrogens is 264 g/mol. The van der Waals surface area contributed by atoms with Crippen LogP contribution in [0, 0.1) is 17.8 Å². The van der Waals surface area contributed by atoms with Gasteiger partial charge in [-0.05, 0) is 50.0 Å². The van der Waals surface area contributed by atoms with Crippen LogP contribution in [0.15, 0.2) is 11.6 Å². The lowest BCUT2D eigenvalue weighted by Gasteiger charge is -2.36. The Morgan fingerprint density at radius 2 is 2.15 bits per heavy atom. The van der Waals surface area contributed by atoms with Gasteiger partial charge >= 0.3 is 0 Å². The second-order valence-corrected chi connectivity index (χ2v) is 7.78. The predicted octanol–water partition coefficient (Wildman–Crippen LogP) is 4.27. The monoisotopic (exact) mass is 292 g/mol. The van der Waals surface area contributed by atoms with Crippen molar-refractivity contribution in [3.05, 3.63) is 16.6 Å². The van der Waals surface area contributed by atoms with Crippen LogP contribution >= 0.6 is 11.3 Å². The van der Waals surface area contributed by atoms with Gasteiger partial charge in [-0.25, -0.2) is 4.98 Å². The minimum atomic E-state index is 0.851. The van der Waals surface area contributed by atoms with Crippen LogP contribution < -0.4 is 5.32 Å². The predicted molar refractivity (Wildman–Crippen MR) is 86.1 cm³/mol. The van der Waals surface area contributed by atoms with E-state index in [0.717, 1.165) is 23.8 Å². The number of nitrogens with one attached hydrogen (secondary N) is 1. The van der Waals surface area contributed by atoms with E-state index >= 15 is 0 Å². The van der Waals surface area contributed by atoms with Gasteiger partial charge in [0, 0.05) is 24.0 Å². The highest BCUT2D eigenvalue weighted by Crippen LogP contribution is 2.38. The van der Waals surface area contributed by atoms with Gasteiger partial charge in [0.1, 0.15) is 0 Å². The summed E-state index contributed by atoms with van der Waals surface area (Å²) in [7, 11) is 0. The first kappa shape index (κ1) is 14.5. The van der Waals surface area contributed by atoms with Crippen molar-refractivity contribution in [3.63, 3.8) is 0 Å². The highest BCUT2D eigenvalue weighted by Gasteiger charge is 2.32. The number of hydrogen-bond donors (Lipinski definition) is 1. The summed E-state index contributed by atoms with van der Waals surface area (Å²) in [6.45, 7) is 3.58. The topological polar surface area (TPSA) is 24.9 Å². The molecule has 2 aliphatic carbocycles. The van der Waals surface area contributed by atoms with Gasteiger partial charge in [-0.1, -0.05) is 26.2 Å². The quantitative estimate of drug-likeness (QED) is 0.812. The van der Waals surface area contributed by atoms with Crippen molar-refractivity contribution >= 4 is 11.3 Å². The van der Waals surface area contributed by atoms with Crippen LogP contribution in [0.4, 0.5) is 0 Å². The number of aromatic nitrogens is 1. The molecule has 20 heavy (non-hydrogen) atoms. The third kappa shape index (κ3) is 4.05. The Morgan fingerprint density at radius 1 is 1.25 bits per heavy atom. The zero-order chi connectivity index (χ0) is 13.8. The van der Waals surface area contributed by atoms with Crippen molar-refractivity contribution in [2.45, 2.75) is 64.3 Å². The van der Waals surface area contributed by atoms with Crippen molar-refractivity contribution in [2.75, 3.05) is 6.54 Å². The third-order valence-corrected chi connectivity index (χ3v) is 5.91. The summed E-state index contributed by atoms with van der Waals surface area (Å²) in [4.78, 5) is 4.52. The van der Waals surface area contributed by atoms with Crippen LogP contribution in [-0.4, -0.2) is 17.6 Å². The van der Waals surface area contributed by atoms with Gasteiger partial charge in [-0.3, -0.25) is 0 Å². The Balaban J connectivity index is 1.57. The largest absolute Gasteiger partial charge is 0.314 e. The molecule has 0 saturated heterocycles. The Hall–Kier alpha value is -0.410. The summed E-state index contributed by atoms with van der Waals surface area (Å²) in [5.41, 5.74) is 0. The van der Waals surface area contributed by atoms with Crippen LogP contribution in [0.5, 0.6) is 0 Å². The molecule has 0 bridgehead atoms. The molecule has 3 rings (SSSR count). The lowest BCUT2D eigenvalue weighted by Crippen LogP contribution is -2.35. The summed E-state index contributed by atoms with van der Waals surface area (Å²) in [5, 5.41) is 7.24. The summed E-state index contributed by atoms with van der Waals surface area (Å²) in [6.07, 6.45) is 13.1. The van der Waals surface area contributed by atoms with E-state index in [1.165, 1.54) is 62.9 Å². The molecule has 0 spiro atoms. The van der Waals surface area contributed by atoms with E-state index in [2.05, 4.69) is 22.6 Å². The van der Waals surface area contributed by atoms with Crippen LogP contribution in [0.3, 0.4) is 0 Å². The lowest BCUT2D eigenvalue weighted by atomic mass is 9.71. The molecule has 3 heteroatoms. The molecule has 1 N–H and O–H groups in total. The van der Waals surface area contributed by atoms with E-state index in [4.69, 9.17) is 0 Å². The fourth-order valence-corrected chi connectivity index (χ4v) is 4.51. The van der Waals surface area contributed by atoms with Crippen LogP contribution in [0.1, 0.15) is 56.9 Å². The highest BCUT2D eigenvalue weighted by atomic mass is 32.1. The molecule has 2 fully saturated rings. The van der Waals surface area contributed by atoms with E-state index < -0.39 is 0 Å². The third-order valence-electron chi connectivity index (χ3n) is 5.11. The van der Waals surface area contributed by atoms with Gasteiger partial charge < -0.3 is 5.32 Å². The minimum Gasteiger partial charge on any atom is -0.314 e. The first-order chi connectivity index (χ1) is 9.85. The van der Waals surface area contributed by atoms with Gasteiger partial charge in [0.2, 0.25) is 0 Å². The van der Waals surface area contributed by atoms with Crippen molar-refractivity contribution in [1.82, 2.24) is 10.3 Å². The van der Waals surface area contributed by atoms with Crippen molar-refractivity contribution in [1.29, 1.82) is 0 Å². The van der Waals surface area contributed by atoms with Gasteiger partial charge in [0.05, 0.1) is 5.01 Å². The van der Waals surface area contributed by atoms with Crippen molar-refractivity contribution in [2.24, 2.45) is 17.8 Å². The molecule has 0 aromatic carbocycles. The molecule has 112 valence electrons. The standard InChI is InChI=1S/C17H28N2S/c1-2-3-13-4-5-14(12-19-16-6-7-16)15(10-13)11-17-18-8-9-20-17/h8-9,13-16,19H,2-7,10-12H2,1H3. The normalized spacial score (nSPS) is 30.6. The van der Waals surface area contributed by atoms with E-state index in [1.807, 2.05) is 17.5 Å². The number of nitrogens with zero attached hydrogens (tertiary/aromatic N) is 1. The Bertz CT molecular complexity index is 386. The molecule has 2 aliphatic rings. The maximum Gasteiger partial charge on any atom is 0.0927 e. The van der Waals surface area contributed by atoms with Gasteiger partial charge in [0.15, 0.2) is 0 Å². The average molecular weight is 292 g/mol. The molecule has 0 amide bonds. The minimum absolute atomic E-state index is 0.851. The second-order valence-electron chi connectivity index (χ2n) is 6.80. The van der Waals surface area contributed by atoms with E-state index in [1.54, 1.807) is 0 Å². The summed E-state index contributed by atoms with van der Waals surface area (Å²) in [5.74, 6) is 2.72. The van der Waals surface area contributed by atoms with E-state index in [-0.39, 0.29) is 0 Å². The first-order valence-corrected chi connectivity index (χ1v) is 9.35. The fourth-order valence-electron chi connectivity index (χ4n) is 3.80. The van der Waals surface area contributed by atoms with Gasteiger partial charge in [-0.2, -0.15) is 0 Å². The molecule has 1 aromatic heterocycles. The maximum atomic E-state index is 4.52. The molecule has 1 heterocycles. The zero-order valence-electron chi connectivity index (χ0n) is 12.7. The van der Waals surface area contributed by atoms with Crippen LogP contribution in [0.25, 0.3) is 0 Å². The fraction of sp³-hybridized carbons (Fsp3) is 0.824. The van der Waals surface area contributed by atoms with Gasteiger partial charge in [0.25, 0.3) is 0 Å². The molecule has 3 atom stereocenters. The molecular formula is C17H28N2S. The van der Waals surface area contributed by atoms with Crippen LogP contribution in [-0.2, 0) is 6.42 Å². The molecule has 2 nitrogen and oxygen atoms in total. The molecule has 2 saturated carbocycles. The number of rotatable bonds is 7. The molecule has 1 aromatic rings.